The van der Waals surface area contributed by atoms with E-state index in [0.717, 1.165) is 5.56 Å². The number of aryl methyl sites for hydroxylation is 1. The molecule has 4 rings (SSSR count). The van der Waals surface area contributed by atoms with Crippen LogP contribution in [0.5, 0.6) is 5.75 Å². The summed E-state index contributed by atoms with van der Waals surface area (Å²) < 4.78 is 0. The molecule has 34 heavy (non-hydrogen) atoms. The van der Waals surface area contributed by atoms with Gasteiger partial charge in [0.1, 0.15) is 5.75 Å². The minimum atomic E-state index is -0.894. The second kappa shape index (κ2) is 9.38. The summed E-state index contributed by atoms with van der Waals surface area (Å²) in [5, 5.41) is 17.7. The van der Waals surface area contributed by atoms with Crippen LogP contribution in [-0.4, -0.2) is 16.2 Å². The number of hydrogen-bond donors (Lipinski definition) is 3. The van der Waals surface area contributed by atoms with Crippen molar-refractivity contribution < 1.29 is 15.0 Å². The Morgan fingerprint density at radius 3 is 1.91 bits per heavy atom. The second-order valence-electron chi connectivity index (χ2n) is 10.3. The summed E-state index contributed by atoms with van der Waals surface area (Å²) in [6, 6.07) is 18.1. The van der Waals surface area contributed by atoms with Crippen molar-refractivity contribution in [3.63, 3.8) is 0 Å². The lowest BCUT2D eigenvalue weighted by molar-refractivity contribution is 0.0697. The first-order chi connectivity index (χ1) is 15.8. The molecule has 0 aromatic heterocycles. The third-order valence-corrected chi connectivity index (χ3v) is 7.47. The van der Waals surface area contributed by atoms with Gasteiger partial charge >= 0.3 is 5.97 Å². The van der Waals surface area contributed by atoms with Crippen LogP contribution >= 0.6 is 0 Å². The number of hydrogen-bond acceptors (Lipinski definition) is 3. The van der Waals surface area contributed by atoms with Crippen LogP contribution < -0.4 is 5.73 Å². The highest BCUT2D eigenvalue weighted by Gasteiger charge is 2.48. The molecule has 0 aliphatic heterocycles. The van der Waals surface area contributed by atoms with Gasteiger partial charge < -0.3 is 15.9 Å². The summed E-state index contributed by atoms with van der Waals surface area (Å²) >= 11 is 0. The van der Waals surface area contributed by atoms with E-state index in [-0.39, 0.29) is 16.6 Å². The van der Waals surface area contributed by atoms with E-state index in [0.29, 0.717) is 17.2 Å². The number of carbonyl (C=O) groups is 1. The molecule has 0 amide bonds. The lowest BCUT2D eigenvalue weighted by Crippen LogP contribution is -2.30. The largest absolute Gasteiger partial charge is 0.508 e. The lowest BCUT2D eigenvalue weighted by atomic mass is 9.71. The standard InChI is InChI=1S/C24H28O2.C6H7NO/c1-15-13-20-21(24(5,6)16(2)23(20,3)4)14-19(15)12-9-17-7-10-18(11-8-17)22(25)26;7-5-1-3-6(8)4-2-5/h7-14,16H,1-6H3,(H,25,26);1-4,8H,7H2. The van der Waals surface area contributed by atoms with Crippen LogP contribution in [-0.2, 0) is 10.8 Å². The van der Waals surface area contributed by atoms with Gasteiger partial charge in [-0.15, -0.1) is 0 Å². The number of anilines is 1. The maximum absolute atomic E-state index is 11.0. The third-order valence-electron chi connectivity index (χ3n) is 7.47. The highest BCUT2D eigenvalue weighted by molar-refractivity contribution is 5.88. The molecular weight excluding hydrogens is 422 g/mol. The summed E-state index contributed by atoms with van der Waals surface area (Å²) in [7, 11) is 0. The van der Waals surface area contributed by atoms with Gasteiger partial charge in [0, 0.05) is 5.69 Å². The number of fused-ring (bicyclic) bond motifs is 1. The molecule has 3 aromatic carbocycles. The minimum absolute atomic E-state index is 0.151. The fourth-order valence-corrected chi connectivity index (χ4v) is 4.74. The van der Waals surface area contributed by atoms with E-state index in [4.69, 9.17) is 15.9 Å². The summed E-state index contributed by atoms with van der Waals surface area (Å²) in [5.41, 5.74) is 13.0. The average molecular weight is 458 g/mol. The molecule has 4 heteroatoms. The Bertz CT molecular complexity index is 1180. The summed E-state index contributed by atoms with van der Waals surface area (Å²) in [6.45, 7) is 13.9. The molecule has 1 unspecified atom stereocenters. The number of aromatic hydroxyl groups is 1. The van der Waals surface area contributed by atoms with Crippen LogP contribution in [0.1, 0.15) is 72.8 Å². The molecule has 1 aliphatic carbocycles. The van der Waals surface area contributed by atoms with E-state index >= 15 is 0 Å². The van der Waals surface area contributed by atoms with Crippen molar-refractivity contribution in [2.75, 3.05) is 5.73 Å². The quantitative estimate of drug-likeness (QED) is 0.224. The molecule has 3 aromatic rings. The Morgan fingerprint density at radius 1 is 0.882 bits per heavy atom. The summed E-state index contributed by atoms with van der Waals surface area (Å²) in [5.74, 6) is -0.0691. The van der Waals surface area contributed by atoms with Crippen molar-refractivity contribution in [1.82, 2.24) is 0 Å². The van der Waals surface area contributed by atoms with Gasteiger partial charge in [-0.2, -0.15) is 0 Å². The topological polar surface area (TPSA) is 83.5 Å². The number of nitrogens with two attached hydrogens (primary N) is 1. The zero-order chi connectivity index (χ0) is 25.3. The first-order valence-electron chi connectivity index (χ1n) is 11.6. The van der Waals surface area contributed by atoms with Gasteiger partial charge in [0.15, 0.2) is 0 Å². The van der Waals surface area contributed by atoms with Crippen LogP contribution in [0.15, 0.2) is 60.7 Å². The van der Waals surface area contributed by atoms with E-state index in [1.807, 2.05) is 12.1 Å². The number of benzene rings is 3. The third kappa shape index (κ3) is 5.01. The Morgan fingerprint density at radius 2 is 1.41 bits per heavy atom. The van der Waals surface area contributed by atoms with E-state index in [1.165, 1.54) is 22.3 Å². The van der Waals surface area contributed by atoms with Crippen LogP contribution in [0, 0.1) is 12.8 Å². The van der Waals surface area contributed by atoms with E-state index < -0.39 is 5.97 Å². The predicted octanol–water partition coefficient (Wildman–Crippen LogP) is 7.04. The maximum atomic E-state index is 11.0. The fraction of sp³-hybridized carbons (Fsp3) is 0.300. The van der Waals surface area contributed by atoms with Crippen LogP contribution in [0.3, 0.4) is 0 Å². The Balaban J connectivity index is 0.000000343. The molecule has 1 atom stereocenters. The number of phenols is 1. The van der Waals surface area contributed by atoms with Gasteiger partial charge in [0.2, 0.25) is 0 Å². The van der Waals surface area contributed by atoms with Gasteiger partial charge in [0.05, 0.1) is 5.56 Å². The SMILES string of the molecule is Cc1cc2c(cc1C=Cc1ccc(C(=O)O)cc1)C(C)(C)C(C)C2(C)C.Nc1ccc(O)cc1. The first kappa shape index (κ1) is 25.1. The summed E-state index contributed by atoms with van der Waals surface area (Å²) in [4.78, 5) is 11.0. The van der Waals surface area contributed by atoms with E-state index in [1.54, 1.807) is 36.4 Å². The van der Waals surface area contributed by atoms with Gasteiger partial charge in [-0.25, -0.2) is 4.79 Å². The van der Waals surface area contributed by atoms with Crippen LogP contribution in [0.2, 0.25) is 0 Å². The highest BCUT2D eigenvalue weighted by atomic mass is 16.4. The number of carboxylic acids is 1. The van der Waals surface area contributed by atoms with E-state index in [2.05, 4.69) is 65.8 Å². The zero-order valence-electron chi connectivity index (χ0n) is 20.9. The van der Waals surface area contributed by atoms with Crippen LogP contribution in [0.25, 0.3) is 12.2 Å². The molecule has 0 heterocycles. The van der Waals surface area contributed by atoms with Crippen molar-refractivity contribution in [2.24, 2.45) is 5.92 Å². The lowest BCUT2D eigenvalue weighted by Gasteiger charge is -2.32. The van der Waals surface area contributed by atoms with Gasteiger partial charge in [-0.05, 0) is 87.9 Å². The number of aromatic carboxylic acids is 1. The fourth-order valence-electron chi connectivity index (χ4n) is 4.74. The number of phenolic OH excluding ortho intramolecular Hbond substituents is 1. The van der Waals surface area contributed by atoms with Gasteiger partial charge in [-0.1, -0.05) is 71.0 Å². The molecule has 1 aliphatic rings. The second-order valence-corrected chi connectivity index (χ2v) is 10.3. The molecule has 0 radical (unpaired) electrons. The Kier molecular flexibility index (Phi) is 6.92. The van der Waals surface area contributed by atoms with Crippen molar-refractivity contribution in [1.29, 1.82) is 0 Å². The van der Waals surface area contributed by atoms with Crippen molar-refractivity contribution in [2.45, 2.75) is 52.4 Å². The zero-order valence-corrected chi connectivity index (χ0v) is 20.9. The molecule has 0 bridgehead atoms. The molecular formula is C30H35NO3. The van der Waals surface area contributed by atoms with Crippen molar-refractivity contribution >= 4 is 23.8 Å². The maximum Gasteiger partial charge on any atom is 0.335 e. The molecule has 0 saturated heterocycles. The molecule has 0 saturated carbocycles. The minimum Gasteiger partial charge on any atom is -0.508 e. The highest BCUT2D eigenvalue weighted by Crippen LogP contribution is 2.54. The number of nitrogen functional groups attached to an aromatic ring is 1. The predicted molar refractivity (Wildman–Crippen MR) is 141 cm³/mol. The smallest absolute Gasteiger partial charge is 0.335 e. The van der Waals surface area contributed by atoms with Crippen LogP contribution in [0.4, 0.5) is 5.69 Å². The molecule has 178 valence electrons. The molecule has 0 fully saturated rings. The van der Waals surface area contributed by atoms with Crippen molar-refractivity contribution in [3.8, 4) is 5.75 Å². The van der Waals surface area contributed by atoms with E-state index in [9.17, 15) is 4.79 Å². The first-order valence-corrected chi connectivity index (χ1v) is 11.6. The Hall–Kier alpha value is -3.53. The monoisotopic (exact) mass is 457 g/mol. The Labute approximate surface area is 202 Å². The number of carboxylic acid groups (broad SMARTS) is 1. The molecule has 0 spiro atoms. The van der Waals surface area contributed by atoms with Gasteiger partial charge in [-0.3, -0.25) is 0 Å². The van der Waals surface area contributed by atoms with Gasteiger partial charge in [0.25, 0.3) is 0 Å². The average Bonchev–Trinajstić information content (AvgIpc) is 2.92. The number of rotatable bonds is 3. The molecule has 4 N–H and O–H groups in total. The van der Waals surface area contributed by atoms with Crippen molar-refractivity contribution in [3.05, 3.63) is 94.0 Å². The summed E-state index contributed by atoms with van der Waals surface area (Å²) in [6.07, 6.45) is 4.19. The molecule has 4 nitrogen and oxygen atoms in total. The normalized spacial score (nSPS) is 17.6.